The van der Waals surface area contributed by atoms with Gasteiger partial charge in [-0.1, -0.05) is 109 Å². The summed E-state index contributed by atoms with van der Waals surface area (Å²) in [6.07, 6.45) is 1.86. The number of aromatic nitrogens is 1. The van der Waals surface area contributed by atoms with Gasteiger partial charge in [0, 0.05) is 11.6 Å². The third-order valence-corrected chi connectivity index (χ3v) is 5.66. The van der Waals surface area contributed by atoms with Crippen molar-refractivity contribution >= 4 is 10.9 Å². The number of nitrogens with zero attached hydrogens (tertiary/aromatic N) is 1. The Morgan fingerprint density at radius 2 is 0.966 bits per heavy atom. The summed E-state index contributed by atoms with van der Waals surface area (Å²) in [5.74, 6) is 0. The predicted molar refractivity (Wildman–Crippen MR) is 120 cm³/mol. The zero-order valence-corrected chi connectivity index (χ0v) is 16.1. The van der Waals surface area contributed by atoms with Gasteiger partial charge in [-0.05, 0) is 34.4 Å². The maximum Gasteiger partial charge on any atom is 0.0705 e. The van der Waals surface area contributed by atoms with Crippen LogP contribution < -0.4 is 0 Å². The van der Waals surface area contributed by atoms with Crippen LogP contribution in [0.15, 0.2) is 128 Å². The Labute approximate surface area is 171 Å². The SMILES string of the molecule is c1ccc(C(c2ccccc2)(c2ccccc2)c2ccc3cccnc3c2)cc1. The summed E-state index contributed by atoms with van der Waals surface area (Å²) in [5.41, 5.74) is 5.53. The van der Waals surface area contributed by atoms with Gasteiger partial charge in [-0.15, -0.1) is 0 Å². The van der Waals surface area contributed by atoms with Crippen LogP contribution in [0.5, 0.6) is 0 Å². The largest absolute Gasteiger partial charge is 0.256 e. The molecule has 0 aliphatic rings. The smallest absolute Gasteiger partial charge is 0.0705 e. The van der Waals surface area contributed by atoms with Crippen molar-refractivity contribution in [2.45, 2.75) is 5.41 Å². The van der Waals surface area contributed by atoms with Gasteiger partial charge in [-0.3, -0.25) is 4.98 Å². The maximum atomic E-state index is 4.64. The Kier molecular flexibility index (Phi) is 4.42. The van der Waals surface area contributed by atoms with Crippen molar-refractivity contribution in [3.8, 4) is 0 Å². The molecular formula is C28H21N. The molecule has 0 unspecified atom stereocenters. The van der Waals surface area contributed by atoms with Crippen molar-refractivity contribution in [2.75, 3.05) is 0 Å². The minimum Gasteiger partial charge on any atom is -0.256 e. The van der Waals surface area contributed by atoms with Crippen LogP contribution in [-0.4, -0.2) is 4.98 Å². The van der Waals surface area contributed by atoms with Crippen LogP contribution in [0, 0.1) is 0 Å². The Hall–Kier alpha value is -3.71. The van der Waals surface area contributed by atoms with Crippen LogP contribution in [0.2, 0.25) is 0 Å². The molecule has 0 fully saturated rings. The van der Waals surface area contributed by atoms with E-state index in [1.54, 1.807) is 0 Å². The first kappa shape index (κ1) is 17.4. The van der Waals surface area contributed by atoms with Gasteiger partial charge in [0.25, 0.3) is 0 Å². The number of hydrogen-bond acceptors (Lipinski definition) is 1. The molecule has 29 heavy (non-hydrogen) atoms. The number of hydrogen-bond donors (Lipinski definition) is 0. The van der Waals surface area contributed by atoms with E-state index in [0.29, 0.717) is 0 Å². The van der Waals surface area contributed by atoms with Gasteiger partial charge >= 0.3 is 0 Å². The molecule has 0 atom stereocenters. The van der Waals surface area contributed by atoms with E-state index in [2.05, 4.69) is 120 Å². The van der Waals surface area contributed by atoms with E-state index in [4.69, 9.17) is 0 Å². The lowest BCUT2D eigenvalue weighted by Gasteiger charge is -2.37. The van der Waals surface area contributed by atoms with Gasteiger partial charge in [0.15, 0.2) is 0 Å². The number of pyridine rings is 1. The second-order valence-electron chi connectivity index (χ2n) is 7.26. The van der Waals surface area contributed by atoms with Gasteiger partial charge in [0.05, 0.1) is 10.9 Å². The molecular weight excluding hydrogens is 350 g/mol. The number of benzene rings is 4. The lowest BCUT2D eigenvalue weighted by Crippen LogP contribution is -2.31. The highest BCUT2D eigenvalue weighted by molar-refractivity contribution is 5.80. The quantitative estimate of drug-likeness (QED) is 0.324. The first-order valence-corrected chi connectivity index (χ1v) is 9.91. The second-order valence-corrected chi connectivity index (χ2v) is 7.26. The highest BCUT2D eigenvalue weighted by Gasteiger charge is 2.38. The van der Waals surface area contributed by atoms with E-state index in [1.807, 2.05) is 12.3 Å². The van der Waals surface area contributed by atoms with Gasteiger partial charge in [0.1, 0.15) is 0 Å². The molecule has 0 saturated carbocycles. The fourth-order valence-electron chi connectivity index (χ4n) is 4.36. The van der Waals surface area contributed by atoms with Crippen molar-refractivity contribution in [1.29, 1.82) is 0 Å². The lowest BCUT2D eigenvalue weighted by molar-refractivity contribution is 0.746. The number of rotatable bonds is 4. The van der Waals surface area contributed by atoms with E-state index in [1.165, 1.54) is 22.3 Å². The van der Waals surface area contributed by atoms with Gasteiger partial charge < -0.3 is 0 Å². The van der Waals surface area contributed by atoms with Crippen molar-refractivity contribution < 1.29 is 0 Å². The standard InChI is InChI=1S/C28H21N/c1-4-12-23(13-5-1)28(24-14-6-2-7-15-24,25-16-8-3-9-17-25)26-19-18-22-11-10-20-29-27(22)21-26/h1-21H. The molecule has 1 heterocycles. The van der Waals surface area contributed by atoms with Crippen LogP contribution in [0.25, 0.3) is 10.9 Å². The summed E-state index contributed by atoms with van der Waals surface area (Å²) in [4.78, 5) is 4.64. The average molecular weight is 371 g/mol. The molecule has 0 spiro atoms. The second kappa shape index (κ2) is 7.37. The fourth-order valence-corrected chi connectivity index (χ4v) is 4.36. The lowest BCUT2D eigenvalue weighted by atomic mass is 9.65. The molecule has 1 nitrogen and oxygen atoms in total. The normalized spacial score (nSPS) is 11.4. The Bertz CT molecular complexity index is 1130. The molecule has 0 N–H and O–H groups in total. The van der Waals surface area contributed by atoms with Gasteiger partial charge in [-0.25, -0.2) is 0 Å². The Morgan fingerprint density at radius 3 is 1.48 bits per heavy atom. The summed E-state index contributed by atoms with van der Waals surface area (Å²) >= 11 is 0. The van der Waals surface area contributed by atoms with Crippen LogP contribution in [0.1, 0.15) is 22.3 Å². The van der Waals surface area contributed by atoms with Crippen molar-refractivity contribution in [1.82, 2.24) is 4.98 Å². The van der Waals surface area contributed by atoms with E-state index >= 15 is 0 Å². The molecule has 0 amide bonds. The molecule has 0 aliphatic heterocycles. The molecule has 0 aliphatic carbocycles. The van der Waals surface area contributed by atoms with Gasteiger partial charge in [0.2, 0.25) is 0 Å². The fraction of sp³-hybridized carbons (Fsp3) is 0.0357. The minimum atomic E-state index is -0.421. The highest BCUT2D eigenvalue weighted by Crippen LogP contribution is 2.45. The predicted octanol–water partition coefficient (Wildman–Crippen LogP) is 6.62. The number of fused-ring (bicyclic) bond motifs is 1. The van der Waals surface area contributed by atoms with Crippen LogP contribution in [0.3, 0.4) is 0 Å². The summed E-state index contributed by atoms with van der Waals surface area (Å²) in [7, 11) is 0. The van der Waals surface area contributed by atoms with E-state index in [-0.39, 0.29) is 0 Å². The summed E-state index contributed by atoms with van der Waals surface area (Å²) < 4.78 is 0. The molecule has 0 radical (unpaired) electrons. The van der Waals surface area contributed by atoms with E-state index < -0.39 is 5.41 Å². The first-order valence-electron chi connectivity index (χ1n) is 9.91. The topological polar surface area (TPSA) is 12.9 Å². The minimum absolute atomic E-state index is 0.421. The summed E-state index contributed by atoms with van der Waals surface area (Å²) in [6.45, 7) is 0. The average Bonchev–Trinajstić information content (AvgIpc) is 2.82. The molecule has 138 valence electrons. The van der Waals surface area contributed by atoms with Crippen molar-refractivity contribution in [3.63, 3.8) is 0 Å². The Balaban J connectivity index is 1.92. The molecule has 0 saturated heterocycles. The molecule has 1 aromatic heterocycles. The molecule has 5 rings (SSSR count). The van der Waals surface area contributed by atoms with Crippen molar-refractivity contribution in [3.05, 3.63) is 150 Å². The summed E-state index contributed by atoms with van der Waals surface area (Å²) in [5, 5.41) is 1.15. The van der Waals surface area contributed by atoms with E-state index in [9.17, 15) is 0 Å². The molecule has 1 heteroatoms. The molecule has 0 bridgehead atoms. The van der Waals surface area contributed by atoms with E-state index in [0.717, 1.165) is 10.9 Å². The first-order chi connectivity index (χ1) is 14.4. The third kappa shape index (κ3) is 2.92. The van der Waals surface area contributed by atoms with Crippen molar-refractivity contribution in [2.24, 2.45) is 0 Å². The van der Waals surface area contributed by atoms with Crippen LogP contribution >= 0.6 is 0 Å². The third-order valence-electron chi connectivity index (χ3n) is 5.66. The van der Waals surface area contributed by atoms with Crippen LogP contribution in [0.4, 0.5) is 0 Å². The maximum absolute atomic E-state index is 4.64. The highest BCUT2D eigenvalue weighted by atomic mass is 14.6. The Morgan fingerprint density at radius 1 is 0.448 bits per heavy atom. The van der Waals surface area contributed by atoms with Crippen LogP contribution in [-0.2, 0) is 5.41 Å². The zero-order valence-electron chi connectivity index (χ0n) is 16.1. The molecule has 5 aromatic rings. The van der Waals surface area contributed by atoms with Gasteiger partial charge in [-0.2, -0.15) is 0 Å². The molecule has 4 aromatic carbocycles. The zero-order chi connectivity index (χ0) is 19.5. The summed E-state index contributed by atoms with van der Waals surface area (Å²) in [6, 6.07) is 43.1. The monoisotopic (exact) mass is 371 g/mol.